The van der Waals surface area contributed by atoms with Gasteiger partial charge in [0.15, 0.2) is 6.61 Å². The number of nitrogens with one attached hydrogen (secondary N) is 1. The number of amides is 1. The summed E-state index contributed by atoms with van der Waals surface area (Å²) in [5.74, 6) is -0.926. The van der Waals surface area contributed by atoms with E-state index in [2.05, 4.69) is 10.3 Å². The predicted molar refractivity (Wildman–Crippen MR) is 105 cm³/mol. The molecular formula is C22H20N2O3. The van der Waals surface area contributed by atoms with Gasteiger partial charge in [0.25, 0.3) is 5.91 Å². The van der Waals surface area contributed by atoms with Crippen LogP contribution in [0.4, 0.5) is 0 Å². The molecule has 2 aromatic carbocycles. The largest absolute Gasteiger partial charge is 0.452 e. The summed E-state index contributed by atoms with van der Waals surface area (Å²) in [5.41, 5.74) is 2.60. The van der Waals surface area contributed by atoms with Crippen LogP contribution in [0.2, 0.25) is 0 Å². The number of esters is 1. The molecule has 1 N–H and O–H groups in total. The van der Waals surface area contributed by atoms with E-state index in [-0.39, 0.29) is 18.6 Å². The van der Waals surface area contributed by atoms with E-state index in [1.165, 1.54) is 6.08 Å². The van der Waals surface area contributed by atoms with Crippen molar-refractivity contribution < 1.29 is 14.3 Å². The topological polar surface area (TPSA) is 68.3 Å². The number of ether oxygens (including phenoxy) is 1. The number of carbonyl (C=O) groups excluding carboxylic acids is 2. The summed E-state index contributed by atoms with van der Waals surface area (Å²) >= 11 is 0. The van der Waals surface area contributed by atoms with Crippen LogP contribution in [0, 0.1) is 0 Å². The highest BCUT2D eigenvalue weighted by molar-refractivity contribution is 5.93. The third-order valence-corrected chi connectivity index (χ3v) is 4.09. The number of pyridine rings is 1. The van der Waals surface area contributed by atoms with Gasteiger partial charge in [0, 0.05) is 23.2 Å². The summed E-state index contributed by atoms with van der Waals surface area (Å²) in [7, 11) is 0. The third-order valence-electron chi connectivity index (χ3n) is 4.09. The second-order valence-corrected chi connectivity index (χ2v) is 6.06. The van der Waals surface area contributed by atoms with Gasteiger partial charge in [0.05, 0.1) is 11.6 Å². The molecule has 1 atom stereocenters. The first-order chi connectivity index (χ1) is 13.1. The zero-order chi connectivity index (χ0) is 19.1. The Labute approximate surface area is 157 Å². The molecule has 27 heavy (non-hydrogen) atoms. The quantitative estimate of drug-likeness (QED) is 0.538. The Hall–Kier alpha value is -3.47. The highest BCUT2D eigenvalue weighted by Crippen LogP contribution is 2.17. The van der Waals surface area contributed by atoms with Gasteiger partial charge in [-0.1, -0.05) is 54.6 Å². The molecule has 1 heterocycles. The van der Waals surface area contributed by atoms with Gasteiger partial charge in [-0.3, -0.25) is 9.78 Å². The normalized spacial score (nSPS) is 12.0. The second kappa shape index (κ2) is 8.76. The highest BCUT2D eigenvalue weighted by Gasteiger charge is 2.10. The first-order valence-corrected chi connectivity index (χ1v) is 8.66. The number of hydrogen-bond acceptors (Lipinski definition) is 4. The van der Waals surface area contributed by atoms with Crippen LogP contribution in [0.5, 0.6) is 0 Å². The molecule has 0 radical (unpaired) electrons. The van der Waals surface area contributed by atoms with Gasteiger partial charge in [-0.05, 0) is 24.6 Å². The van der Waals surface area contributed by atoms with Gasteiger partial charge in [-0.15, -0.1) is 0 Å². The summed E-state index contributed by atoms with van der Waals surface area (Å²) in [6.45, 7) is 1.55. The molecule has 1 unspecified atom stereocenters. The standard InChI is InChI=1S/C22H20N2O3/c1-16(17-7-3-2-4-8-17)24-20(25)15-27-21(26)13-12-19-10-5-9-18-11-6-14-23-22(18)19/h2-14,16H,15H2,1H3,(H,24,25)/b13-12+. The number of aromatic nitrogens is 1. The minimum atomic E-state index is -0.578. The monoisotopic (exact) mass is 360 g/mol. The lowest BCUT2D eigenvalue weighted by Gasteiger charge is -2.13. The molecule has 3 rings (SSSR count). The Morgan fingerprint density at radius 1 is 1.07 bits per heavy atom. The zero-order valence-corrected chi connectivity index (χ0v) is 15.0. The fourth-order valence-electron chi connectivity index (χ4n) is 2.71. The molecule has 0 aliphatic carbocycles. The molecule has 0 aliphatic heterocycles. The maximum Gasteiger partial charge on any atom is 0.331 e. The molecule has 3 aromatic rings. The molecule has 0 saturated carbocycles. The van der Waals surface area contributed by atoms with Gasteiger partial charge < -0.3 is 10.1 Å². The summed E-state index contributed by atoms with van der Waals surface area (Å²) < 4.78 is 5.02. The molecule has 136 valence electrons. The van der Waals surface area contributed by atoms with Crippen LogP contribution in [-0.4, -0.2) is 23.5 Å². The molecule has 5 heteroatoms. The van der Waals surface area contributed by atoms with E-state index in [0.29, 0.717) is 0 Å². The van der Waals surface area contributed by atoms with Gasteiger partial charge in [-0.25, -0.2) is 4.79 Å². The third kappa shape index (κ3) is 5.01. The van der Waals surface area contributed by atoms with E-state index in [1.54, 1.807) is 12.3 Å². The van der Waals surface area contributed by atoms with Crippen molar-refractivity contribution in [2.24, 2.45) is 0 Å². The maximum absolute atomic E-state index is 12.0. The second-order valence-electron chi connectivity index (χ2n) is 6.06. The van der Waals surface area contributed by atoms with E-state index in [4.69, 9.17) is 4.74 Å². The molecule has 0 spiro atoms. The van der Waals surface area contributed by atoms with Crippen molar-refractivity contribution in [3.8, 4) is 0 Å². The summed E-state index contributed by atoms with van der Waals surface area (Å²) in [6.07, 6.45) is 4.65. The van der Waals surface area contributed by atoms with E-state index in [9.17, 15) is 9.59 Å². The Balaban J connectivity index is 1.53. The SMILES string of the molecule is CC(NC(=O)COC(=O)/C=C/c1cccc2cccnc12)c1ccccc1. The van der Waals surface area contributed by atoms with Crippen molar-refractivity contribution in [2.75, 3.05) is 6.61 Å². The summed E-state index contributed by atoms with van der Waals surface area (Å²) in [5, 5.41) is 3.79. The molecule has 5 nitrogen and oxygen atoms in total. The van der Waals surface area contributed by atoms with Crippen molar-refractivity contribution in [3.05, 3.63) is 84.1 Å². The lowest BCUT2D eigenvalue weighted by molar-refractivity contribution is -0.144. The van der Waals surface area contributed by atoms with Crippen molar-refractivity contribution >= 4 is 28.9 Å². The number of nitrogens with zero attached hydrogens (tertiary/aromatic N) is 1. The van der Waals surface area contributed by atoms with E-state index >= 15 is 0 Å². The van der Waals surface area contributed by atoms with Gasteiger partial charge >= 0.3 is 5.97 Å². The van der Waals surface area contributed by atoms with E-state index in [0.717, 1.165) is 22.0 Å². The molecule has 1 aromatic heterocycles. The summed E-state index contributed by atoms with van der Waals surface area (Å²) in [6, 6.07) is 19.0. The average Bonchev–Trinajstić information content (AvgIpc) is 2.71. The molecule has 0 saturated heterocycles. The lowest BCUT2D eigenvalue weighted by atomic mass is 10.1. The number of rotatable bonds is 6. The fraction of sp³-hybridized carbons (Fsp3) is 0.136. The molecular weight excluding hydrogens is 340 g/mol. The van der Waals surface area contributed by atoms with Crippen LogP contribution >= 0.6 is 0 Å². The number of hydrogen-bond donors (Lipinski definition) is 1. The van der Waals surface area contributed by atoms with Crippen molar-refractivity contribution in [3.63, 3.8) is 0 Å². The maximum atomic E-state index is 12.0. The first kappa shape index (κ1) is 18.3. The van der Waals surface area contributed by atoms with Crippen LogP contribution < -0.4 is 5.32 Å². The Kier molecular flexibility index (Phi) is 5.94. The molecule has 0 aliphatic rings. The lowest BCUT2D eigenvalue weighted by Crippen LogP contribution is -2.30. The minimum absolute atomic E-state index is 0.158. The Morgan fingerprint density at radius 2 is 1.85 bits per heavy atom. The van der Waals surface area contributed by atoms with Crippen LogP contribution in [0.3, 0.4) is 0 Å². The number of benzene rings is 2. The van der Waals surface area contributed by atoms with Gasteiger partial charge in [0.1, 0.15) is 0 Å². The van der Waals surface area contributed by atoms with Crippen LogP contribution in [0.25, 0.3) is 17.0 Å². The smallest absolute Gasteiger partial charge is 0.331 e. The number of para-hydroxylation sites is 1. The van der Waals surface area contributed by atoms with Crippen LogP contribution in [0.15, 0.2) is 72.9 Å². The number of fused-ring (bicyclic) bond motifs is 1. The van der Waals surface area contributed by atoms with E-state index < -0.39 is 5.97 Å². The first-order valence-electron chi connectivity index (χ1n) is 8.66. The highest BCUT2D eigenvalue weighted by atomic mass is 16.5. The fourth-order valence-corrected chi connectivity index (χ4v) is 2.71. The Bertz CT molecular complexity index is 962. The van der Waals surface area contributed by atoms with Gasteiger partial charge in [-0.2, -0.15) is 0 Å². The van der Waals surface area contributed by atoms with Crippen molar-refractivity contribution in [2.45, 2.75) is 13.0 Å². The predicted octanol–water partition coefficient (Wildman–Crippen LogP) is 3.67. The summed E-state index contributed by atoms with van der Waals surface area (Å²) in [4.78, 5) is 28.2. The van der Waals surface area contributed by atoms with Crippen molar-refractivity contribution in [1.29, 1.82) is 0 Å². The molecule has 0 bridgehead atoms. The minimum Gasteiger partial charge on any atom is -0.452 e. The van der Waals surface area contributed by atoms with E-state index in [1.807, 2.05) is 67.6 Å². The zero-order valence-electron chi connectivity index (χ0n) is 15.0. The van der Waals surface area contributed by atoms with Crippen LogP contribution in [-0.2, 0) is 14.3 Å². The molecule has 1 amide bonds. The number of carbonyl (C=O) groups is 2. The molecule has 0 fully saturated rings. The van der Waals surface area contributed by atoms with Gasteiger partial charge in [0.2, 0.25) is 0 Å². The van der Waals surface area contributed by atoms with Crippen molar-refractivity contribution in [1.82, 2.24) is 10.3 Å². The van der Waals surface area contributed by atoms with Crippen LogP contribution in [0.1, 0.15) is 24.1 Å². The Morgan fingerprint density at radius 3 is 2.67 bits per heavy atom. The average molecular weight is 360 g/mol.